The van der Waals surface area contributed by atoms with Crippen LogP contribution in [-0.2, 0) is 26.1 Å². The Morgan fingerprint density at radius 1 is 0.531 bits per heavy atom. The highest BCUT2D eigenvalue weighted by Gasteiger charge is 2.56. The number of hydrogen-bond donors (Lipinski definition) is 1. The molecule has 1 N–H and O–H groups in total. The van der Waals surface area contributed by atoms with Gasteiger partial charge in [-0.05, 0) is 162 Å². The zero-order valence-corrected chi connectivity index (χ0v) is 37.1. The molecule has 0 aromatic heterocycles. The normalized spacial score (nSPS) is 18.9. The van der Waals surface area contributed by atoms with E-state index in [4.69, 9.17) is 9.47 Å². The maximum atomic E-state index is 13.9. The number of ether oxygens (including phenoxy) is 2. The van der Waals surface area contributed by atoms with Crippen LogP contribution in [0.5, 0.6) is 17.2 Å². The summed E-state index contributed by atoms with van der Waals surface area (Å²) in [6, 6.07) is 33.5. The van der Waals surface area contributed by atoms with Crippen molar-refractivity contribution in [2.24, 2.45) is 0 Å². The Kier molecular flexibility index (Phi) is 9.12. The number of benzene rings is 6. The first-order chi connectivity index (χ1) is 30.5. The molecule has 64 heavy (non-hydrogen) atoms. The van der Waals surface area contributed by atoms with Crippen molar-refractivity contribution in [3.05, 3.63) is 166 Å². The van der Waals surface area contributed by atoms with Gasteiger partial charge in [-0.3, -0.25) is 19.2 Å². The van der Waals surface area contributed by atoms with E-state index in [1.165, 1.54) is 70.8 Å². The van der Waals surface area contributed by atoms with Gasteiger partial charge in [-0.2, -0.15) is 0 Å². The lowest BCUT2D eigenvalue weighted by molar-refractivity contribution is 0.0910. The van der Waals surface area contributed by atoms with Gasteiger partial charge in [-0.25, -0.2) is 18.2 Å². The minimum atomic E-state index is -4.07. The Hall–Kier alpha value is -7.05. The number of nitrogens with zero attached hydrogens (tertiary/aromatic N) is 2. The highest BCUT2D eigenvalue weighted by atomic mass is 32.2. The lowest BCUT2D eigenvalue weighted by Gasteiger charge is -2.30. The summed E-state index contributed by atoms with van der Waals surface area (Å²) in [4.78, 5) is 55.7. The fourth-order valence-electron chi connectivity index (χ4n) is 10.6. The maximum absolute atomic E-state index is 13.9. The molecule has 1 unspecified atom stereocenters. The summed E-state index contributed by atoms with van der Waals surface area (Å²) in [6.45, 7) is 11.8. The molecule has 1 spiro atoms. The van der Waals surface area contributed by atoms with Gasteiger partial charge in [-0.15, -0.1) is 0 Å². The zero-order chi connectivity index (χ0) is 45.1. The second-order valence-electron chi connectivity index (χ2n) is 18.3. The number of fused-ring (bicyclic) bond motifs is 6. The smallest absolute Gasteiger partial charge is 0.266 e. The number of carbonyl (C=O) groups is 4. The van der Waals surface area contributed by atoms with Crippen molar-refractivity contribution in [1.29, 1.82) is 0 Å². The Morgan fingerprint density at radius 3 is 1.48 bits per heavy atom. The van der Waals surface area contributed by atoms with Gasteiger partial charge in [0.05, 0.1) is 50.0 Å². The van der Waals surface area contributed by atoms with Gasteiger partial charge in [-0.1, -0.05) is 39.8 Å². The second-order valence-corrected chi connectivity index (χ2v) is 20.2. The fourth-order valence-corrected chi connectivity index (χ4v) is 11.8. The molecule has 0 fully saturated rings. The molecule has 6 aromatic carbocycles. The van der Waals surface area contributed by atoms with Crippen molar-refractivity contribution in [3.8, 4) is 17.2 Å². The average molecular weight is 872 g/mol. The van der Waals surface area contributed by atoms with Crippen molar-refractivity contribution in [2.45, 2.75) is 73.5 Å². The van der Waals surface area contributed by atoms with E-state index in [0.717, 1.165) is 28.4 Å². The molecule has 6 aromatic rings. The van der Waals surface area contributed by atoms with E-state index in [-0.39, 0.29) is 59.7 Å². The SMILES string of the molecule is CCOc1ccc2c(c1)C(C)(C)CC21CC(C)(C)c2cc(Oc3ccc4c(c3)C(=O)N(c3ccc(S(=O)(=O)c5ccc(N6C(=O)c7ccc(NC)cc7C6=O)cc5)cc3)C4=O)ccc21. The fraction of sp³-hybridized carbons (Fsp3) is 0.231. The van der Waals surface area contributed by atoms with Crippen LogP contribution in [0.25, 0.3) is 0 Å². The van der Waals surface area contributed by atoms with Gasteiger partial charge in [0.25, 0.3) is 23.6 Å². The quantitative estimate of drug-likeness (QED) is 0.141. The molecule has 2 heterocycles. The van der Waals surface area contributed by atoms with E-state index in [2.05, 4.69) is 63.3 Å². The van der Waals surface area contributed by atoms with Crippen LogP contribution in [0.1, 0.15) is 111 Å². The van der Waals surface area contributed by atoms with Crippen LogP contribution in [0.2, 0.25) is 0 Å². The summed E-state index contributed by atoms with van der Waals surface area (Å²) in [5, 5.41) is 2.95. The van der Waals surface area contributed by atoms with Gasteiger partial charge in [0.2, 0.25) is 9.84 Å². The average Bonchev–Trinajstić information content (AvgIpc) is 3.86. The van der Waals surface area contributed by atoms with Gasteiger partial charge in [0.15, 0.2) is 0 Å². The van der Waals surface area contributed by atoms with Gasteiger partial charge < -0.3 is 14.8 Å². The zero-order valence-electron chi connectivity index (χ0n) is 36.2. The van der Waals surface area contributed by atoms with Gasteiger partial charge >= 0.3 is 0 Å². The molecular weight excluding hydrogens is 827 g/mol. The van der Waals surface area contributed by atoms with Gasteiger partial charge in [0, 0.05) is 18.2 Å². The van der Waals surface area contributed by atoms with E-state index >= 15 is 0 Å². The van der Waals surface area contributed by atoms with Crippen LogP contribution < -0.4 is 24.6 Å². The standard InChI is InChI=1S/C52H45N3O8S/c1-7-62-33-14-22-42-44(26-33)50(2,3)28-52(42)29-51(4,5)45-27-35(15-23-43(45)52)63-34-13-21-39-41(25-34)49(59)55(47(39)57)32-11-18-37(19-12-32)64(60,61)36-16-9-31(10-17-36)54-46(56)38-20-8-30(53-6)24-40(38)48(54)58/h8-27,53H,7,28-29H2,1-6H3. The molecule has 1 atom stereocenters. The van der Waals surface area contributed by atoms with Crippen LogP contribution in [0.3, 0.4) is 0 Å². The summed E-state index contributed by atoms with van der Waals surface area (Å²) < 4.78 is 39.7. The minimum Gasteiger partial charge on any atom is -0.494 e. The van der Waals surface area contributed by atoms with Crippen molar-refractivity contribution >= 4 is 50.5 Å². The molecule has 12 heteroatoms. The number of nitrogens with one attached hydrogen (secondary N) is 1. The number of imide groups is 2. The van der Waals surface area contributed by atoms with Crippen molar-refractivity contribution in [1.82, 2.24) is 0 Å². The van der Waals surface area contributed by atoms with E-state index in [0.29, 0.717) is 23.8 Å². The van der Waals surface area contributed by atoms with E-state index in [1.54, 1.807) is 43.4 Å². The number of amides is 4. The predicted molar refractivity (Wildman–Crippen MR) is 243 cm³/mol. The molecule has 11 nitrogen and oxygen atoms in total. The third kappa shape index (κ3) is 6.10. The Labute approximate surface area is 371 Å². The van der Waals surface area contributed by atoms with Gasteiger partial charge in [0.1, 0.15) is 17.2 Å². The number of carbonyl (C=O) groups excluding carboxylic acids is 4. The molecule has 2 aliphatic heterocycles. The number of rotatable bonds is 9. The summed E-state index contributed by atoms with van der Waals surface area (Å²) in [6.07, 6.45) is 1.93. The van der Waals surface area contributed by atoms with Crippen molar-refractivity contribution in [2.75, 3.05) is 28.8 Å². The summed E-state index contributed by atoms with van der Waals surface area (Å²) in [7, 11) is -2.36. The first-order valence-corrected chi connectivity index (χ1v) is 22.8. The third-order valence-corrected chi connectivity index (χ3v) is 15.1. The molecule has 0 radical (unpaired) electrons. The van der Waals surface area contributed by atoms with Crippen LogP contribution >= 0.6 is 0 Å². The topological polar surface area (TPSA) is 139 Å². The predicted octanol–water partition coefficient (Wildman–Crippen LogP) is 10.0. The van der Waals surface area contributed by atoms with Crippen LogP contribution in [0.15, 0.2) is 131 Å². The largest absolute Gasteiger partial charge is 0.494 e. The monoisotopic (exact) mass is 871 g/mol. The summed E-state index contributed by atoms with van der Waals surface area (Å²) in [5.41, 5.74) is 6.87. The first kappa shape index (κ1) is 41.0. The van der Waals surface area contributed by atoms with Crippen LogP contribution in [0.4, 0.5) is 17.1 Å². The molecular formula is C52H45N3O8S. The third-order valence-electron chi connectivity index (χ3n) is 13.3. The molecule has 0 saturated heterocycles. The first-order valence-electron chi connectivity index (χ1n) is 21.3. The van der Waals surface area contributed by atoms with Crippen LogP contribution in [0, 0.1) is 0 Å². The maximum Gasteiger partial charge on any atom is 0.266 e. The van der Waals surface area contributed by atoms with Crippen LogP contribution in [-0.4, -0.2) is 45.7 Å². The molecule has 2 aliphatic carbocycles. The molecule has 0 saturated carbocycles. The lowest BCUT2D eigenvalue weighted by Crippen LogP contribution is -2.29. The second kappa shape index (κ2) is 14.2. The molecule has 4 amide bonds. The van der Waals surface area contributed by atoms with Crippen molar-refractivity contribution < 1.29 is 37.1 Å². The highest BCUT2D eigenvalue weighted by Crippen LogP contribution is 2.63. The van der Waals surface area contributed by atoms with Crippen molar-refractivity contribution in [3.63, 3.8) is 0 Å². The lowest BCUT2D eigenvalue weighted by atomic mass is 9.72. The Morgan fingerprint density at radius 2 is 0.969 bits per heavy atom. The van der Waals surface area contributed by atoms with E-state index in [1.807, 2.05) is 13.0 Å². The highest BCUT2D eigenvalue weighted by molar-refractivity contribution is 7.91. The number of hydrogen-bond acceptors (Lipinski definition) is 9. The molecule has 4 aliphatic rings. The minimum absolute atomic E-state index is 0.0426. The number of sulfone groups is 1. The summed E-state index contributed by atoms with van der Waals surface area (Å²) >= 11 is 0. The molecule has 322 valence electrons. The Balaban J connectivity index is 0.860. The van der Waals surface area contributed by atoms with E-state index < -0.39 is 33.5 Å². The Bertz CT molecular complexity index is 3140. The molecule has 0 bridgehead atoms. The molecule has 10 rings (SSSR count). The number of anilines is 3. The summed E-state index contributed by atoms with van der Waals surface area (Å²) in [5.74, 6) is -0.177. The van der Waals surface area contributed by atoms with E-state index in [9.17, 15) is 27.6 Å².